The number of benzene rings is 2. The van der Waals surface area contributed by atoms with Gasteiger partial charge in [-0.15, -0.1) is 11.8 Å². The fourth-order valence-corrected chi connectivity index (χ4v) is 3.23. The van der Waals surface area contributed by atoms with Gasteiger partial charge in [0, 0.05) is 30.7 Å². The van der Waals surface area contributed by atoms with E-state index in [0.29, 0.717) is 13.0 Å². The van der Waals surface area contributed by atoms with Gasteiger partial charge < -0.3 is 14.4 Å². The molecule has 3 rings (SSSR count). The summed E-state index contributed by atoms with van der Waals surface area (Å²) in [4.78, 5) is 15.2. The van der Waals surface area contributed by atoms with Crippen LogP contribution in [-0.2, 0) is 11.3 Å². The highest BCUT2D eigenvalue weighted by molar-refractivity contribution is 7.99. The molecule has 120 valence electrons. The Balaban J connectivity index is 1.47. The SMILES string of the molecule is CN(Cc1ccc2c(c1)OCO2)C(=O)CCSc1ccccc1. The number of ether oxygens (including phenoxy) is 2. The van der Waals surface area contributed by atoms with Gasteiger partial charge in [-0.05, 0) is 29.8 Å². The van der Waals surface area contributed by atoms with Crippen molar-refractivity contribution in [3.63, 3.8) is 0 Å². The Morgan fingerprint density at radius 3 is 2.74 bits per heavy atom. The van der Waals surface area contributed by atoms with E-state index in [9.17, 15) is 4.79 Å². The first-order chi connectivity index (χ1) is 11.2. The quantitative estimate of drug-likeness (QED) is 0.760. The van der Waals surface area contributed by atoms with E-state index in [0.717, 1.165) is 22.8 Å². The normalized spacial score (nSPS) is 12.2. The highest BCUT2D eigenvalue weighted by Gasteiger charge is 2.15. The smallest absolute Gasteiger partial charge is 0.231 e. The first-order valence-electron chi connectivity index (χ1n) is 7.53. The van der Waals surface area contributed by atoms with Gasteiger partial charge in [-0.2, -0.15) is 0 Å². The molecular formula is C18H19NO3S. The summed E-state index contributed by atoms with van der Waals surface area (Å²) in [6.45, 7) is 0.843. The lowest BCUT2D eigenvalue weighted by Crippen LogP contribution is -2.26. The molecular weight excluding hydrogens is 310 g/mol. The molecule has 0 bridgehead atoms. The zero-order chi connectivity index (χ0) is 16.1. The van der Waals surface area contributed by atoms with E-state index in [1.807, 2.05) is 43.4 Å². The summed E-state index contributed by atoms with van der Waals surface area (Å²) in [6.07, 6.45) is 0.528. The number of rotatable bonds is 6. The highest BCUT2D eigenvalue weighted by atomic mass is 32.2. The number of nitrogens with zero attached hydrogens (tertiary/aromatic N) is 1. The van der Waals surface area contributed by atoms with Crippen LogP contribution in [0, 0.1) is 0 Å². The van der Waals surface area contributed by atoms with Gasteiger partial charge in [0.2, 0.25) is 12.7 Å². The predicted octanol–water partition coefficient (Wildman–Crippen LogP) is 3.56. The van der Waals surface area contributed by atoms with E-state index in [4.69, 9.17) is 9.47 Å². The van der Waals surface area contributed by atoms with Crippen LogP contribution in [0.25, 0.3) is 0 Å². The Morgan fingerprint density at radius 2 is 1.91 bits per heavy atom. The minimum atomic E-state index is 0.145. The molecule has 1 heterocycles. The number of thioether (sulfide) groups is 1. The third-order valence-corrected chi connectivity index (χ3v) is 4.62. The number of hydrogen-bond donors (Lipinski definition) is 0. The Kier molecular flexibility index (Phi) is 5.08. The largest absolute Gasteiger partial charge is 0.454 e. The highest BCUT2D eigenvalue weighted by Crippen LogP contribution is 2.32. The van der Waals surface area contributed by atoms with Crippen LogP contribution >= 0.6 is 11.8 Å². The Hall–Kier alpha value is -2.14. The maximum atomic E-state index is 12.2. The maximum absolute atomic E-state index is 12.2. The lowest BCUT2D eigenvalue weighted by atomic mass is 10.2. The van der Waals surface area contributed by atoms with Gasteiger partial charge in [0.15, 0.2) is 11.5 Å². The molecule has 0 N–H and O–H groups in total. The molecule has 0 unspecified atom stereocenters. The minimum absolute atomic E-state index is 0.145. The molecule has 0 fully saturated rings. The molecule has 0 spiro atoms. The van der Waals surface area contributed by atoms with Crippen LogP contribution in [0.3, 0.4) is 0 Å². The van der Waals surface area contributed by atoms with Gasteiger partial charge in [0.05, 0.1) is 0 Å². The van der Waals surface area contributed by atoms with Crippen molar-refractivity contribution in [3.8, 4) is 11.5 Å². The van der Waals surface area contributed by atoms with Crippen molar-refractivity contribution in [2.45, 2.75) is 17.9 Å². The summed E-state index contributed by atoms with van der Waals surface area (Å²) >= 11 is 1.70. The summed E-state index contributed by atoms with van der Waals surface area (Å²) in [5, 5.41) is 0. The first kappa shape index (κ1) is 15.7. The minimum Gasteiger partial charge on any atom is -0.454 e. The van der Waals surface area contributed by atoms with Crippen molar-refractivity contribution < 1.29 is 14.3 Å². The van der Waals surface area contributed by atoms with E-state index >= 15 is 0 Å². The summed E-state index contributed by atoms with van der Waals surface area (Å²) in [5.41, 5.74) is 1.04. The van der Waals surface area contributed by atoms with Crippen LogP contribution < -0.4 is 9.47 Å². The molecule has 0 aliphatic carbocycles. The Labute approximate surface area is 140 Å². The summed E-state index contributed by atoms with van der Waals surface area (Å²) < 4.78 is 10.7. The van der Waals surface area contributed by atoms with Gasteiger partial charge in [0.25, 0.3) is 0 Å². The topological polar surface area (TPSA) is 38.8 Å². The zero-order valence-electron chi connectivity index (χ0n) is 13.0. The molecule has 2 aromatic carbocycles. The number of hydrogen-bond acceptors (Lipinski definition) is 4. The molecule has 5 heteroatoms. The number of amides is 1. The molecule has 0 radical (unpaired) electrons. The van der Waals surface area contributed by atoms with Crippen molar-refractivity contribution >= 4 is 17.7 Å². The van der Waals surface area contributed by atoms with E-state index in [1.165, 1.54) is 4.90 Å². The van der Waals surface area contributed by atoms with Gasteiger partial charge in [0.1, 0.15) is 0 Å². The fourth-order valence-electron chi connectivity index (χ4n) is 2.37. The number of carbonyl (C=O) groups excluding carboxylic acids is 1. The van der Waals surface area contributed by atoms with Crippen LogP contribution in [0.15, 0.2) is 53.4 Å². The first-order valence-corrected chi connectivity index (χ1v) is 8.51. The van der Waals surface area contributed by atoms with Crippen LogP contribution in [0.4, 0.5) is 0 Å². The van der Waals surface area contributed by atoms with Gasteiger partial charge >= 0.3 is 0 Å². The van der Waals surface area contributed by atoms with Crippen molar-refractivity contribution in [2.24, 2.45) is 0 Å². The second-order valence-electron chi connectivity index (χ2n) is 5.35. The molecule has 23 heavy (non-hydrogen) atoms. The fraction of sp³-hybridized carbons (Fsp3) is 0.278. The predicted molar refractivity (Wildman–Crippen MR) is 90.8 cm³/mol. The van der Waals surface area contributed by atoms with E-state index in [1.54, 1.807) is 16.7 Å². The monoisotopic (exact) mass is 329 g/mol. The van der Waals surface area contributed by atoms with Crippen molar-refractivity contribution in [3.05, 3.63) is 54.1 Å². The van der Waals surface area contributed by atoms with Crippen LogP contribution in [0.1, 0.15) is 12.0 Å². The Bertz CT molecular complexity index is 675. The number of fused-ring (bicyclic) bond motifs is 1. The average molecular weight is 329 g/mol. The van der Waals surface area contributed by atoms with Gasteiger partial charge in [-0.25, -0.2) is 0 Å². The molecule has 0 saturated carbocycles. The molecule has 1 aliphatic rings. The summed E-state index contributed by atoms with van der Waals surface area (Å²) in [6, 6.07) is 15.9. The summed E-state index contributed by atoms with van der Waals surface area (Å²) in [5.74, 6) is 2.45. The average Bonchev–Trinajstić information content (AvgIpc) is 3.03. The molecule has 0 atom stereocenters. The second kappa shape index (κ2) is 7.42. The standard InChI is InChI=1S/C18H19NO3S/c1-19(12-14-7-8-16-17(11-14)22-13-21-16)18(20)9-10-23-15-5-3-2-4-6-15/h2-8,11H,9-10,12-13H2,1H3. The van der Waals surface area contributed by atoms with Crippen LogP contribution in [0.5, 0.6) is 11.5 Å². The van der Waals surface area contributed by atoms with E-state index in [-0.39, 0.29) is 12.7 Å². The van der Waals surface area contributed by atoms with Gasteiger partial charge in [-0.3, -0.25) is 4.79 Å². The Morgan fingerprint density at radius 1 is 1.13 bits per heavy atom. The molecule has 0 saturated heterocycles. The second-order valence-corrected chi connectivity index (χ2v) is 6.52. The maximum Gasteiger partial charge on any atom is 0.231 e. The molecule has 1 aliphatic heterocycles. The van der Waals surface area contributed by atoms with Crippen LogP contribution in [-0.4, -0.2) is 30.4 Å². The lowest BCUT2D eigenvalue weighted by Gasteiger charge is -2.17. The third-order valence-electron chi connectivity index (χ3n) is 3.61. The number of carbonyl (C=O) groups is 1. The van der Waals surface area contributed by atoms with Crippen LogP contribution in [0.2, 0.25) is 0 Å². The van der Waals surface area contributed by atoms with Crippen molar-refractivity contribution in [1.29, 1.82) is 0 Å². The molecule has 0 aromatic heterocycles. The summed E-state index contributed by atoms with van der Waals surface area (Å²) in [7, 11) is 1.83. The van der Waals surface area contributed by atoms with Crippen molar-refractivity contribution in [1.82, 2.24) is 4.90 Å². The van der Waals surface area contributed by atoms with E-state index in [2.05, 4.69) is 12.1 Å². The molecule has 4 nitrogen and oxygen atoms in total. The molecule has 2 aromatic rings. The molecule has 1 amide bonds. The zero-order valence-corrected chi connectivity index (χ0v) is 13.8. The third kappa shape index (κ3) is 4.20. The van der Waals surface area contributed by atoms with Gasteiger partial charge in [-0.1, -0.05) is 24.3 Å². The lowest BCUT2D eigenvalue weighted by molar-refractivity contribution is -0.129. The van der Waals surface area contributed by atoms with Crippen molar-refractivity contribution in [2.75, 3.05) is 19.6 Å². The van der Waals surface area contributed by atoms with E-state index < -0.39 is 0 Å².